The molecule has 29 heavy (non-hydrogen) atoms. The third-order valence-corrected chi connectivity index (χ3v) is 8.47. The third kappa shape index (κ3) is 4.71. The van der Waals surface area contributed by atoms with Gasteiger partial charge in [-0.15, -0.1) is 0 Å². The predicted molar refractivity (Wildman–Crippen MR) is 114 cm³/mol. The summed E-state index contributed by atoms with van der Waals surface area (Å²) in [6, 6.07) is 5.60. The van der Waals surface area contributed by atoms with Crippen LogP contribution >= 0.6 is 11.8 Å². The van der Waals surface area contributed by atoms with Gasteiger partial charge in [-0.3, -0.25) is 4.79 Å². The number of benzene rings is 1. The molecule has 1 aromatic heterocycles. The Kier molecular flexibility index (Phi) is 6.06. The molecule has 2 aliphatic rings. The number of carbonyl (C=O) groups excluding carboxylic acids is 1. The van der Waals surface area contributed by atoms with Crippen LogP contribution in [0.5, 0.6) is 5.75 Å². The number of nitrogens with zero attached hydrogens (tertiary/aromatic N) is 2. The van der Waals surface area contributed by atoms with E-state index in [1.807, 2.05) is 23.1 Å². The summed E-state index contributed by atoms with van der Waals surface area (Å²) in [5, 5.41) is 0.684. The molecule has 1 aliphatic carbocycles. The van der Waals surface area contributed by atoms with Gasteiger partial charge in [-0.25, -0.2) is 13.4 Å². The maximum atomic E-state index is 13.2. The first-order valence-electron chi connectivity index (χ1n) is 10.1. The van der Waals surface area contributed by atoms with Gasteiger partial charge in [-0.2, -0.15) is 0 Å². The minimum atomic E-state index is -3.03. The lowest BCUT2D eigenvalue weighted by Crippen LogP contribution is -2.49. The van der Waals surface area contributed by atoms with Crippen LogP contribution in [0.2, 0.25) is 0 Å². The lowest BCUT2D eigenvalue weighted by atomic mass is 9.93. The van der Waals surface area contributed by atoms with Gasteiger partial charge in [0.25, 0.3) is 0 Å². The van der Waals surface area contributed by atoms with Crippen molar-refractivity contribution >= 4 is 38.5 Å². The Labute approximate surface area is 175 Å². The summed E-state index contributed by atoms with van der Waals surface area (Å²) in [6.07, 6.45) is 5.89. The number of aromatic amines is 1. The molecule has 1 atom stereocenters. The van der Waals surface area contributed by atoms with E-state index in [9.17, 15) is 13.2 Å². The van der Waals surface area contributed by atoms with Crippen molar-refractivity contribution in [3.8, 4) is 5.75 Å². The van der Waals surface area contributed by atoms with Gasteiger partial charge < -0.3 is 14.6 Å². The van der Waals surface area contributed by atoms with Crippen molar-refractivity contribution in [1.82, 2.24) is 14.9 Å². The number of ether oxygens (including phenoxy) is 1. The normalized spacial score (nSPS) is 22.0. The van der Waals surface area contributed by atoms with Crippen LogP contribution in [0.4, 0.5) is 0 Å². The van der Waals surface area contributed by atoms with Crippen LogP contribution in [0, 0.1) is 0 Å². The number of hydrogen-bond acceptors (Lipinski definition) is 6. The molecule has 9 heteroatoms. The van der Waals surface area contributed by atoms with Crippen molar-refractivity contribution in [1.29, 1.82) is 0 Å². The molecular formula is C20H27N3O4S2. The first-order valence-corrected chi connectivity index (χ1v) is 12.9. The Morgan fingerprint density at radius 1 is 1.24 bits per heavy atom. The van der Waals surface area contributed by atoms with Crippen molar-refractivity contribution in [2.24, 2.45) is 0 Å². The Balaban J connectivity index is 1.47. The third-order valence-electron chi connectivity index (χ3n) is 5.86. The number of aromatic nitrogens is 2. The number of nitrogens with one attached hydrogen (secondary N) is 1. The molecule has 1 amide bonds. The van der Waals surface area contributed by atoms with Crippen LogP contribution in [0.25, 0.3) is 11.0 Å². The highest BCUT2D eigenvalue weighted by Gasteiger charge is 2.38. The Hall–Kier alpha value is -1.74. The van der Waals surface area contributed by atoms with Gasteiger partial charge in [-0.05, 0) is 31.4 Å². The number of amides is 1. The van der Waals surface area contributed by atoms with E-state index < -0.39 is 9.84 Å². The molecular weight excluding hydrogens is 410 g/mol. The van der Waals surface area contributed by atoms with Gasteiger partial charge in [0.1, 0.15) is 5.75 Å². The van der Waals surface area contributed by atoms with Crippen molar-refractivity contribution in [2.75, 3.05) is 24.4 Å². The molecule has 2 fully saturated rings. The van der Waals surface area contributed by atoms with Gasteiger partial charge in [0.15, 0.2) is 15.0 Å². The summed E-state index contributed by atoms with van der Waals surface area (Å²) in [5.41, 5.74) is 1.69. The quantitative estimate of drug-likeness (QED) is 0.699. The monoisotopic (exact) mass is 437 g/mol. The van der Waals surface area contributed by atoms with Crippen LogP contribution in [-0.2, 0) is 14.6 Å². The predicted octanol–water partition coefficient (Wildman–Crippen LogP) is 3.01. The average Bonchev–Trinajstić information content (AvgIpc) is 3.29. The van der Waals surface area contributed by atoms with Crippen molar-refractivity contribution < 1.29 is 17.9 Å². The summed E-state index contributed by atoms with van der Waals surface area (Å²) in [7, 11) is -1.41. The number of rotatable bonds is 6. The van der Waals surface area contributed by atoms with Gasteiger partial charge >= 0.3 is 0 Å². The fourth-order valence-electron chi connectivity index (χ4n) is 4.42. The highest BCUT2D eigenvalue weighted by molar-refractivity contribution is 7.99. The molecule has 1 unspecified atom stereocenters. The molecule has 2 aromatic rings. The summed E-state index contributed by atoms with van der Waals surface area (Å²) in [5.74, 6) is 1.31. The number of sulfone groups is 1. The molecule has 0 radical (unpaired) electrons. The smallest absolute Gasteiger partial charge is 0.233 e. The average molecular weight is 438 g/mol. The molecule has 1 aromatic carbocycles. The van der Waals surface area contributed by atoms with E-state index >= 15 is 0 Å². The first kappa shape index (κ1) is 20.5. The van der Waals surface area contributed by atoms with Crippen LogP contribution in [0.3, 0.4) is 0 Å². The zero-order valence-electron chi connectivity index (χ0n) is 16.6. The van der Waals surface area contributed by atoms with E-state index in [1.54, 1.807) is 7.11 Å². The standard InChI is InChI=1S/C20H27N3O4S2/c1-27-16-7-8-17-18(11-16)22-20(21-17)28-12-19(24)23(14-5-3-2-4-6-14)15-9-10-29(25,26)13-15/h7-8,11,14-15H,2-6,9-10,12-13H2,1H3,(H,21,22). The van der Waals surface area contributed by atoms with Crippen molar-refractivity contribution in [3.05, 3.63) is 18.2 Å². The molecule has 2 heterocycles. The van der Waals surface area contributed by atoms with Gasteiger partial charge in [0, 0.05) is 18.2 Å². The summed E-state index contributed by atoms with van der Waals surface area (Å²) >= 11 is 1.37. The maximum Gasteiger partial charge on any atom is 0.233 e. The maximum absolute atomic E-state index is 13.2. The minimum absolute atomic E-state index is 0.0158. The fraction of sp³-hybridized carbons (Fsp3) is 0.600. The number of thioether (sulfide) groups is 1. The molecule has 1 aliphatic heterocycles. The fourth-order valence-corrected chi connectivity index (χ4v) is 6.89. The van der Waals surface area contributed by atoms with Gasteiger partial charge in [0.2, 0.25) is 5.91 Å². The number of fused-ring (bicyclic) bond motifs is 1. The van der Waals surface area contributed by atoms with Gasteiger partial charge in [-0.1, -0.05) is 31.0 Å². The number of hydrogen-bond donors (Lipinski definition) is 1. The molecule has 0 spiro atoms. The molecule has 1 saturated heterocycles. The van der Waals surface area contributed by atoms with Gasteiger partial charge in [0.05, 0.1) is 35.4 Å². The van der Waals surface area contributed by atoms with Crippen molar-refractivity contribution in [2.45, 2.75) is 55.8 Å². The van der Waals surface area contributed by atoms with Crippen LogP contribution < -0.4 is 4.74 Å². The SMILES string of the molecule is COc1ccc2nc(SCC(=O)N(C3CCCCC3)C3CCS(=O)(=O)C3)[nH]c2c1. The minimum Gasteiger partial charge on any atom is -0.497 e. The second kappa shape index (κ2) is 8.55. The molecule has 1 N–H and O–H groups in total. The largest absolute Gasteiger partial charge is 0.497 e. The lowest BCUT2D eigenvalue weighted by Gasteiger charge is -2.38. The first-order chi connectivity index (χ1) is 13.9. The number of H-pyrrole nitrogens is 1. The summed E-state index contributed by atoms with van der Waals surface area (Å²) in [4.78, 5) is 22.9. The summed E-state index contributed by atoms with van der Waals surface area (Å²) < 4.78 is 29.3. The van der Waals surface area contributed by atoms with E-state index in [2.05, 4.69) is 9.97 Å². The molecule has 0 bridgehead atoms. The molecule has 158 valence electrons. The zero-order chi connectivity index (χ0) is 20.4. The summed E-state index contributed by atoms with van der Waals surface area (Å²) in [6.45, 7) is 0. The topological polar surface area (TPSA) is 92.4 Å². The van der Waals surface area contributed by atoms with Crippen LogP contribution in [0.15, 0.2) is 23.4 Å². The van der Waals surface area contributed by atoms with Crippen molar-refractivity contribution in [3.63, 3.8) is 0 Å². The second-order valence-corrected chi connectivity index (χ2v) is 11.1. The lowest BCUT2D eigenvalue weighted by molar-refractivity contribution is -0.133. The van der Waals surface area contributed by atoms with E-state index in [4.69, 9.17) is 4.74 Å². The number of methoxy groups -OCH3 is 1. The van der Waals surface area contributed by atoms with E-state index in [0.29, 0.717) is 11.6 Å². The van der Waals surface area contributed by atoms with E-state index in [-0.39, 0.29) is 35.2 Å². The van der Waals surface area contributed by atoms with E-state index in [1.165, 1.54) is 18.2 Å². The van der Waals surface area contributed by atoms with Crippen LogP contribution in [-0.4, -0.2) is 65.6 Å². The molecule has 4 rings (SSSR count). The molecule has 7 nitrogen and oxygen atoms in total. The Bertz CT molecular complexity index is 983. The highest BCUT2D eigenvalue weighted by Crippen LogP contribution is 2.30. The Morgan fingerprint density at radius 3 is 2.72 bits per heavy atom. The van der Waals surface area contributed by atoms with Crippen LogP contribution in [0.1, 0.15) is 38.5 Å². The number of imidazole rings is 1. The zero-order valence-corrected chi connectivity index (χ0v) is 18.2. The van der Waals surface area contributed by atoms with E-state index in [0.717, 1.165) is 42.5 Å². The number of carbonyl (C=O) groups is 1. The Morgan fingerprint density at radius 2 is 2.03 bits per heavy atom. The highest BCUT2D eigenvalue weighted by atomic mass is 32.2. The molecule has 1 saturated carbocycles. The second-order valence-electron chi connectivity index (χ2n) is 7.86.